The molecule has 0 radical (unpaired) electrons. The Morgan fingerprint density at radius 2 is 1.70 bits per heavy atom. The number of aliphatic hydroxyl groups excluding tert-OH is 1. The average Bonchev–Trinajstić information content (AvgIpc) is 3.08. The minimum Gasteiger partial charge on any atom is -0.509 e. The van der Waals surface area contributed by atoms with Gasteiger partial charge < -0.3 is 19.7 Å². The number of aliphatic hydroxyl groups is 1. The lowest BCUT2D eigenvalue weighted by Gasteiger charge is -2.36. The molecule has 0 aromatic heterocycles. The highest BCUT2D eigenvalue weighted by Gasteiger charge is 2.53. The number of nitrogens with zero attached hydrogens (tertiary/aromatic N) is 2. The molecule has 248 valence electrons. The summed E-state index contributed by atoms with van der Waals surface area (Å²) in [5.41, 5.74) is 0.0872. The van der Waals surface area contributed by atoms with Crippen LogP contribution in [-0.2, 0) is 23.8 Å². The van der Waals surface area contributed by atoms with Crippen LogP contribution in [-0.4, -0.2) is 75.4 Å². The van der Waals surface area contributed by atoms with Gasteiger partial charge in [-0.25, -0.2) is 8.42 Å². The third-order valence-corrected chi connectivity index (χ3v) is 15.3. The zero-order chi connectivity index (χ0) is 33.7. The fraction of sp³-hybridized carbons (Fsp3) is 0.667. The number of amidine groups is 1. The van der Waals surface area contributed by atoms with Gasteiger partial charge in [-0.05, 0) is 52.3 Å². The largest absolute Gasteiger partial charge is 0.509 e. The molecule has 1 aromatic carbocycles. The number of carbonyl (C=O) groups is 1. The summed E-state index contributed by atoms with van der Waals surface area (Å²) in [6.07, 6.45) is 1.76. The number of hydrogen-bond donors (Lipinski definition) is 4. The summed E-state index contributed by atoms with van der Waals surface area (Å²) >= 11 is 0. The van der Waals surface area contributed by atoms with Gasteiger partial charge in [-0.15, -0.1) is 0 Å². The number of hydrogen-bond acceptors (Lipinski definition) is 9. The zero-order valence-corrected chi connectivity index (χ0v) is 31.0. The van der Waals surface area contributed by atoms with Crippen LogP contribution >= 0.6 is 7.87 Å². The van der Waals surface area contributed by atoms with Crippen LogP contribution in [0.15, 0.2) is 34.3 Å². The first-order chi connectivity index (χ1) is 19.8. The van der Waals surface area contributed by atoms with Gasteiger partial charge in [0.2, 0.25) is 15.3 Å². The number of nitrogens with one attached hydrogen (secondary N) is 2. The van der Waals surface area contributed by atoms with Gasteiger partial charge in [0.25, 0.3) is 5.91 Å². The molecule has 1 aromatic rings. The second-order valence-electron chi connectivity index (χ2n) is 15.5. The molecule has 2 aliphatic heterocycles. The molecule has 0 saturated heterocycles. The molecule has 2 atom stereocenters. The molecule has 0 aliphatic carbocycles. The van der Waals surface area contributed by atoms with Crippen LogP contribution in [0.4, 0.5) is 11.4 Å². The van der Waals surface area contributed by atoms with Gasteiger partial charge >= 0.3 is 7.87 Å². The molecule has 0 bridgehead atoms. The number of amides is 1. The van der Waals surface area contributed by atoms with Gasteiger partial charge in [0.1, 0.15) is 17.9 Å². The Kier molecular flexibility index (Phi) is 10.2. The molecular weight excluding hydrogens is 619 g/mol. The normalized spacial score (nSPS) is 21.8. The summed E-state index contributed by atoms with van der Waals surface area (Å²) in [5, 5.41) is 14.9. The molecule has 14 heteroatoms. The molecule has 2 heterocycles. The van der Waals surface area contributed by atoms with Crippen LogP contribution < -0.4 is 15.3 Å². The second-order valence-corrected chi connectivity index (χ2v) is 24.1. The van der Waals surface area contributed by atoms with Crippen molar-refractivity contribution in [2.45, 2.75) is 92.9 Å². The molecular formula is C30H52N4O7PSSi+. The summed E-state index contributed by atoms with van der Waals surface area (Å²) in [4.78, 5) is 27.7. The van der Waals surface area contributed by atoms with Gasteiger partial charge in [0, 0.05) is 12.6 Å². The smallest absolute Gasteiger partial charge is 0.432 e. The number of sulfonamides is 1. The van der Waals surface area contributed by atoms with Crippen molar-refractivity contribution in [3.63, 3.8) is 0 Å². The number of fused-ring (bicyclic) bond motifs is 1. The summed E-state index contributed by atoms with van der Waals surface area (Å²) in [6.45, 7) is 23.5. The molecule has 0 saturated carbocycles. The highest BCUT2D eigenvalue weighted by atomic mass is 32.2. The zero-order valence-electron chi connectivity index (χ0n) is 28.3. The van der Waals surface area contributed by atoms with Crippen molar-refractivity contribution in [1.82, 2.24) is 4.90 Å². The van der Waals surface area contributed by atoms with E-state index in [-0.39, 0.29) is 57.7 Å². The van der Waals surface area contributed by atoms with Crippen LogP contribution in [0.2, 0.25) is 18.1 Å². The molecule has 11 nitrogen and oxygen atoms in total. The quantitative estimate of drug-likeness (QED) is 0.138. The first-order valence-electron chi connectivity index (χ1n) is 14.9. The molecule has 4 N–H and O–H groups in total. The van der Waals surface area contributed by atoms with Gasteiger partial charge in [-0.2, -0.15) is 9.42 Å². The van der Waals surface area contributed by atoms with Crippen molar-refractivity contribution in [1.29, 1.82) is 0 Å². The van der Waals surface area contributed by atoms with Crippen molar-refractivity contribution >= 4 is 54.6 Å². The maximum atomic E-state index is 14.0. The Morgan fingerprint density at radius 1 is 1.09 bits per heavy atom. The Morgan fingerprint density at radius 3 is 2.23 bits per heavy atom. The molecule has 0 fully saturated rings. The Balaban J connectivity index is 2.06. The fourth-order valence-electron chi connectivity index (χ4n) is 4.83. The summed E-state index contributed by atoms with van der Waals surface area (Å²) in [6, 6.07) is 4.02. The molecule has 44 heavy (non-hydrogen) atoms. The van der Waals surface area contributed by atoms with Crippen molar-refractivity contribution < 1.29 is 32.2 Å². The van der Waals surface area contributed by atoms with Crippen LogP contribution in [0, 0.1) is 10.8 Å². The van der Waals surface area contributed by atoms with E-state index in [0.717, 1.165) is 12.7 Å². The Labute approximate surface area is 265 Å². The Bertz CT molecular complexity index is 1440. The van der Waals surface area contributed by atoms with Gasteiger partial charge in [0.15, 0.2) is 14.2 Å². The Hall–Kier alpha value is -2.02. The van der Waals surface area contributed by atoms with Crippen LogP contribution in [0.5, 0.6) is 0 Å². The molecule has 1 amide bonds. The average molecular weight is 672 g/mol. The third-order valence-electron chi connectivity index (χ3n) is 8.19. The van der Waals surface area contributed by atoms with E-state index in [4.69, 9.17) is 8.95 Å². The van der Waals surface area contributed by atoms with Crippen LogP contribution in [0.1, 0.15) is 68.7 Å². The van der Waals surface area contributed by atoms with Crippen LogP contribution in [0.3, 0.4) is 0 Å². The lowest BCUT2D eigenvalue weighted by Crippen LogP contribution is -2.45. The number of rotatable bonds is 10. The fourth-order valence-corrected chi connectivity index (χ4v) is 8.22. The van der Waals surface area contributed by atoms with E-state index in [1.165, 1.54) is 6.07 Å². The predicted molar refractivity (Wildman–Crippen MR) is 183 cm³/mol. The molecule has 1 unspecified atom stereocenters. The van der Waals surface area contributed by atoms with Crippen molar-refractivity contribution in [3.05, 3.63) is 29.5 Å². The van der Waals surface area contributed by atoms with Gasteiger partial charge in [0.05, 0.1) is 30.3 Å². The lowest BCUT2D eigenvalue weighted by molar-refractivity contribution is -0.128. The van der Waals surface area contributed by atoms with Crippen molar-refractivity contribution in [2.75, 3.05) is 36.1 Å². The van der Waals surface area contributed by atoms with E-state index in [2.05, 4.69) is 69.4 Å². The maximum absolute atomic E-state index is 14.0. The molecule has 3 rings (SSSR count). The van der Waals surface area contributed by atoms with Crippen molar-refractivity contribution in [2.24, 2.45) is 15.6 Å². The topological polar surface area (TPSA) is 150 Å². The standard InChI is InChI=1S/C30H51N4O7PSSi/c1-28(2,3)15-16-34-25(29(4,5)6)24(35)23(27(34)36)26-31-21-14-13-20(33-43(10,38)39)19-22(21)42(37,32-26)40-17-18-41-44(11,12)30(7,8)9/h13-14,19,25,33,37H,15-18H2,1-12H3,(H-,31,32,35,36)/p+1/t25-,42?/m1/s1. The molecule has 0 spiro atoms. The third kappa shape index (κ3) is 8.41. The maximum Gasteiger partial charge on any atom is 0.432 e. The van der Waals surface area contributed by atoms with E-state index < -0.39 is 37.7 Å². The number of carbonyl (C=O) groups excluding carboxylic acids is 1. The minimum absolute atomic E-state index is 0.0116. The summed E-state index contributed by atoms with van der Waals surface area (Å²) < 4.78 is 43.2. The van der Waals surface area contributed by atoms with E-state index in [1.54, 1.807) is 17.0 Å². The monoisotopic (exact) mass is 671 g/mol. The van der Waals surface area contributed by atoms with Gasteiger partial charge in [-0.3, -0.25) is 9.52 Å². The first-order valence-corrected chi connectivity index (χ1v) is 21.3. The van der Waals surface area contributed by atoms with Crippen molar-refractivity contribution in [3.8, 4) is 0 Å². The summed E-state index contributed by atoms with van der Waals surface area (Å²) in [7, 11) is -9.53. The predicted octanol–water partition coefficient (Wildman–Crippen LogP) is 5.81. The first kappa shape index (κ1) is 36.4. The highest BCUT2D eigenvalue weighted by Crippen LogP contribution is 2.60. The lowest BCUT2D eigenvalue weighted by atomic mass is 9.84. The van der Waals surface area contributed by atoms with Gasteiger partial charge in [-0.1, -0.05) is 62.3 Å². The minimum atomic E-state index is -3.84. The number of benzene rings is 1. The molecule has 2 aliphatic rings. The highest BCUT2D eigenvalue weighted by molar-refractivity contribution is 7.92. The van der Waals surface area contributed by atoms with E-state index in [1.807, 2.05) is 20.8 Å². The van der Waals surface area contributed by atoms with E-state index in [0.29, 0.717) is 12.2 Å². The van der Waals surface area contributed by atoms with E-state index in [9.17, 15) is 23.2 Å². The summed E-state index contributed by atoms with van der Waals surface area (Å²) in [5.74, 6) is -0.490. The second kappa shape index (κ2) is 12.3. The van der Waals surface area contributed by atoms with Crippen LogP contribution in [0.25, 0.3) is 0 Å². The number of anilines is 2. The van der Waals surface area contributed by atoms with E-state index >= 15 is 0 Å². The SMILES string of the molecule is CC(C)(C)CCN1C(=O)C(C2=N[P+](O)(OCCO[Si](C)(C)C(C)(C)C)c3cc(NS(C)(=O)=O)ccc3N2)=C(O)[C@@H]1C(C)(C)C.